The fraction of sp³-hybridized carbons (Fsp3) is 0.400. The van der Waals surface area contributed by atoms with Crippen molar-refractivity contribution in [3.05, 3.63) is 48.6 Å². The van der Waals surface area contributed by atoms with Crippen molar-refractivity contribution >= 4 is 29.9 Å². The van der Waals surface area contributed by atoms with E-state index >= 15 is 0 Å². The number of aliphatic hydroxyl groups is 1. The standard InChI is InChI=1S/C15H23N3O.HI/c1-3-11-17-15(16-4-2)18-12-10-14(19)13-8-6-5-7-9-13;/h3,5-9,14,19H,1,4,10-12H2,2H3,(H2,16,17,18);1H. The summed E-state index contributed by atoms with van der Waals surface area (Å²) in [5.41, 5.74) is 0.932. The average molecular weight is 389 g/mol. The Morgan fingerprint density at radius 1 is 1.35 bits per heavy atom. The Balaban J connectivity index is 0.00000361. The molecule has 0 aliphatic carbocycles. The number of rotatable bonds is 7. The van der Waals surface area contributed by atoms with Crippen LogP contribution in [-0.2, 0) is 0 Å². The monoisotopic (exact) mass is 389 g/mol. The van der Waals surface area contributed by atoms with E-state index in [2.05, 4.69) is 22.2 Å². The van der Waals surface area contributed by atoms with Gasteiger partial charge in [-0.15, -0.1) is 30.6 Å². The number of aliphatic imine (C=N–C) groups is 1. The van der Waals surface area contributed by atoms with Crippen LogP contribution < -0.4 is 10.6 Å². The maximum atomic E-state index is 10.0. The van der Waals surface area contributed by atoms with E-state index < -0.39 is 6.10 Å². The van der Waals surface area contributed by atoms with Crippen molar-refractivity contribution in [3.8, 4) is 0 Å². The third-order valence-corrected chi connectivity index (χ3v) is 2.61. The summed E-state index contributed by atoms with van der Waals surface area (Å²) >= 11 is 0. The minimum absolute atomic E-state index is 0. The Bertz CT molecular complexity index is 395. The number of benzene rings is 1. The van der Waals surface area contributed by atoms with Crippen LogP contribution in [0.1, 0.15) is 25.0 Å². The molecule has 0 heterocycles. The molecule has 0 amide bonds. The molecule has 1 aromatic rings. The summed E-state index contributed by atoms with van der Waals surface area (Å²) in [6.07, 6.45) is 1.92. The van der Waals surface area contributed by atoms with Gasteiger partial charge in [-0.2, -0.15) is 0 Å². The first kappa shape index (κ1) is 18.9. The van der Waals surface area contributed by atoms with Crippen LogP contribution in [0.5, 0.6) is 0 Å². The summed E-state index contributed by atoms with van der Waals surface area (Å²) in [5.74, 6) is 0.752. The molecule has 112 valence electrons. The SMILES string of the molecule is C=CCNC(=NCCC(O)c1ccccc1)NCC.I. The molecule has 4 nitrogen and oxygen atoms in total. The first-order valence-corrected chi connectivity index (χ1v) is 6.64. The Morgan fingerprint density at radius 3 is 2.65 bits per heavy atom. The molecular formula is C15H24IN3O. The number of halogens is 1. The van der Waals surface area contributed by atoms with Gasteiger partial charge in [-0.3, -0.25) is 4.99 Å². The van der Waals surface area contributed by atoms with Gasteiger partial charge in [0.25, 0.3) is 0 Å². The van der Waals surface area contributed by atoms with E-state index in [9.17, 15) is 5.11 Å². The molecule has 0 spiro atoms. The molecule has 3 N–H and O–H groups in total. The van der Waals surface area contributed by atoms with Gasteiger partial charge in [0.05, 0.1) is 6.10 Å². The van der Waals surface area contributed by atoms with Crippen molar-refractivity contribution in [2.45, 2.75) is 19.4 Å². The zero-order valence-corrected chi connectivity index (χ0v) is 14.2. The van der Waals surface area contributed by atoms with Crippen molar-refractivity contribution in [1.82, 2.24) is 10.6 Å². The lowest BCUT2D eigenvalue weighted by Gasteiger charge is -2.11. The zero-order chi connectivity index (χ0) is 13.9. The number of nitrogens with zero attached hydrogens (tertiary/aromatic N) is 1. The van der Waals surface area contributed by atoms with Gasteiger partial charge in [0.1, 0.15) is 0 Å². The first-order chi connectivity index (χ1) is 9.27. The number of guanidine groups is 1. The highest BCUT2D eigenvalue weighted by Crippen LogP contribution is 2.15. The van der Waals surface area contributed by atoms with Crippen LogP contribution in [0.15, 0.2) is 48.0 Å². The number of hydrogen-bond acceptors (Lipinski definition) is 2. The molecule has 1 unspecified atom stereocenters. The quantitative estimate of drug-likeness (QED) is 0.291. The van der Waals surface area contributed by atoms with E-state index in [1.807, 2.05) is 37.3 Å². The van der Waals surface area contributed by atoms with Crippen LogP contribution >= 0.6 is 24.0 Å². The van der Waals surface area contributed by atoms with Crippen LogP contribution in [0.4, 0.5) is 0 Å². The van der Waals surface area contributed by atoms with Crippen LogP contribution in [0.3, 0.4) is 0 Å². The van der Waals surface area contributed by atoms with E-state index in [-0.39, 0.29) is 24.0 Å². The molecule has 20 heavy (non-hydrogen) atoms. The summed E-state index contributed by atoms with van der Waals surface area (Å²) in [6.45, 7) is 7.73. The lowest BCUT2D eigenvalue weighted by atomic mass is 10.1. The topological polar surface area (TPSA) is 56.7 Å². The van der Waals surface area contributed by atoms with Crippen molar-refractivity contribution in [3.63, 3.8) is 0 Å². The summed E-state index contributed by atoms with van der Waals surface area (Å²) in [7, 11) is 0. The third kappa shape index (κ3) is 7.49. The molecule has 0 aliphatic heterocycles. The summed E-state index contributed by atoms with van der Waals surface area (Å²) in [4.78, 5) is 4.40. The smallest absolute Gasteiger partial charge is 0.191 e. The van der Waals surface area contributed by atoms with Gasteiger partial charge in [-0.05, 0) is 18.9 Å². The second kappa shape index (κ2) is 11.7. The maximum Gasteiger partial charge on any atom is 0.191 e. The molecule has 0 saturated carbocycles. The van der Waals surface area contributed by atoms with Crippen LogP contribution in [0, 0.1) is 0 Å². The van der Waals surface area contributed by atoms with E-state index in [0.29, 0.717) is 19.5 Å². The van der Waals surface area contributed by atoms with Crippen molar-refractivity contribution in [2.75, 3.05) is 19.6 Å². The minimum Gasteiger partial charge on any atom is -0.388 e. The van der Waals surface area contributed by atoms with Crippen molar-refractivity contribution < 1.29 is 5.11 Å². The van der Waals surface area contributed by atoms with E-state index in [1.165, 1.54) is 0 Å². The van der Waals surface area contributed by atoms with Crippen molar-refractivity contribution in [1.29, 1.82) is 0 Å². The third-order valence-electron chi connectivity index (χ3n) is 2.61. The number of nitrogens with one attached hydrogen (secondary N) is 2. The van der Waals surface area contributed by atoms with Crippen molar-refractivity contribution in [2.24, 2.45) is 4.99 Å². The summed E-state index contributed by atoms with van der Waals surface area (Å²) in [6, 6.07) is 9.65. The molecular weight excluding hydrogens is 365 g/mol. The van der Waals surface area contributed by atoms with Gasteiger partial charge in [0.2, 0.25) is 0 Å². The highest BCUT2D eigenvalue weighted by Gasteiger charge is 2.05. The first-order valence-electron chi connectivity index (χ1n) is 6.64. The molecule has 0 saturated heterocycles. The van der Waals surface area contributed by atoms with Gasteiger partial charge >= 0.3 is 0 Å². The molecule has 0 aliphatic rings. The second-order valence-electron chi connectivity index (χ2n) is 4.15. The minimum atomic E-state index is -0.466. The number of aliphatic hydroxyl groups excluding tert-OH is 1. The number of hydrogen-bond donors (Lipinski definition) is 3. The molecule has 1 rings (SSSR count). The van der Waals surface area contributed by atoms with Gasteiger partial charge < -0.3 is 15.7 Å². The molecule has 0 bridgehead atoms. The van der Waals surface area contributed by atoms with Gasteiger partial charge in [-0.25, -0.2) is 0 Å². The van der Waals surface area contributed by atoms with Crippen LogP contribution in [-0.4, -0.2) is 30.7 Å². The van der Waals surface area contributed by atoms with Crippen LogP contribution in [0.25, 0.3) is 0 Å². The molecule has 5 heteroatoms. The fourth-order valence-corrected chi connectivity index (χ4v) is 1.65. The maximum absolute atomic E-state index is 10.0. The molecule has 1 aromatic carbocycles. The van der Waals surface area contributed by atoms with E-state index in [4.69, 9.17) is 0 Å². The highest BCUT2D eigenvalue weighted by molar-refractivity contribution is 14.0. The zero-order valence-electron chi connectivity index (χ0n) is 11.9. The summed E-state index contributed by atoms with van der Waals surface area (Å²) in [5, 5.41) is 16.3. The predicted molar refractivity (Wildman–Crippen MR) is 95.6 cm³/mol. The van der Waals surface area contributed by atoms with Gasteiger partial charge in [-0.1, -0.05) is 36.4 Å². The Kier molecular flexibility index (Phi) is 11.1. The molecule has 1 atom stereocenters. The largest absolute Gasteiger partial charge is 0.388 e. The second-order valence-corrected chi connectivity index (χ2v) is 4.15. The van der Waals surface area contributed by atoms with Crippen LogP contribution in [0.2, 0.25) is 0 Å². The fourth-order valence-electron chi connectivity index (χ4n) is 1.65. The van der Waals surface area contributed by atoms with Gasteiger partial charge in [0.15, 0.2) is 5.96 Å². The van der Waals surface area contributed by atoms with E-state index in [1.54, 1.807) is 6.08 Å². The summed E-state index contributed by atoms with van der Waals surface area (Å²) < 4.78 is 0. The van der Waals surface area contributed by atoms with Gasteiger partial charge in [0, 0.05) is 19.6 Å². The lowest BCUT2D eigenvalue weighted by molar-refractivity contribution is 0.170. The molecule has 0 aromatic heterocycles. The lowest BCUT2D eigenvalue weighted by Crippen LogP contribution is -2.37. The Hall–Kier alpha value is -1.08. The Morgan fingerprint density at radius 2 is 2.05 bits per heavy atom. The Labute approximate surface area is 138 Å². The molecule has 0 fully saturated rings. The molecule has 0 radical (unpaired) electrons. The normalized spacial score (nSPS) is 12.2. The predicted octanol–water partition coefficient (Wildman–Crippen LogP) is 2.47. The van der Waals surface area contributed by atoms with E-state index in [0.717, 1.165) is 18.1 Å². The highest BCUT2D eigenvalue weighted by atomic mass is 127. The average Bonchev–Trinajstić information content (AvgIpc) is 2.45.